The summed E-state index contributed by atoms with van der Waals surface area (Å²) in [4.78, 5) is 18.0. The van der Waals surface area contributed by atoms with E-state index in [1.807, 2.05) is 13.1 Å². The summed E-state index contributed by atoms with van der Waals surface area (Å²) in [6.45, 7) is 6.02. The summed E-state index contributed by atoms with van der Waals surface area (Å²) in [6.07, 6.45) is 5.13. The average molecular weight is 321 g/mol. The van der Waals surface area contributed by atoms with E-state index < -0.39 is 0 Å². The predicted octanol–water partition coefficient (Wildman–Crippen LogP) is 1.73. The smallest absolute Gasteiger partial charge is 0.251 e. The zero-order chi connectivity index (χ0) is 17.1. The highest BCUT2D eigenvalue weighted by molar-refractivity contribution is 5.94. The van der Waals surface area contributed by atoms with Crippen molar-refractivity contribution in [3.05, 3.63) is 36.5 Å². The first-order valence-corrected chi connectivity index (χ1v) is 7.73. The number of nitrogens with one attached hydrogen (secondary N) is 1. The van der Waals surface area contributed by atoms with E-state index in [1.165, 1.54) is 0 Å². The molecule has 23 heavy (non-hydrogen) atoms. The molecule has 0 radical (unpaired) electrons. The van der Waals surface area contributed by atoms with Gasteiger partial charge in [-0.25, -0.2) is 4.98 Å². The number of ether oxygens (including phenoxy) is 2. The Hall–Kier alpha value is -1.92. The van der Waals surface area contributed by atoms with E-state index in [0.29, 0.717) is 18.1 Å². The van der Waals surface area contributed by atoms with Crippen molar-refractivity contribution in [2.24, 2.45) is 0 Å². The van der Waals surface area contributed by atoms with Crippen LogP contribution in [-0.2, 0) is 4.74 Å². The quantitative estimate of drug-likeness (QED) is 0.629. The molecular weight excluding hydrogens is 294 g/mol. The van der Waals surface area contributed by atoms with Crippen LogP contribution in [0.1, 0.15) is 23.2 Å². The molecule has 0 aromatic carbocycles. The zero-order valence-electron chi connectivity index (χ0n) is 14.2. The maximum Gasteiger partial charge on any atom is 0.251 e. The molecule has 0 bridgehead atoms. The number of likely N-dealkylation sites (N-methyl/N-ethyl adjacent to an activating group) is 1. The lowest BCUT2D eigenvalue weighted by molar-refractivity contribution is 0.0958. The highest BCUT2D eigenvalue weighted by atomic mass is 16.5. The first-order valence-electron chi connectivity index (χ1n) is 7.73. The molecule has 1 rings (SSSR count). The summed E-state index contributed by atoms with van der Waals surface area (Å²) in [5.74, 6) is 0.303. The van der Waals surface area contributed by atoms with Crippen molar-refractivity contribution in [1.82, 2.24) is 15.2 Å². The fourth-order valence-electron chi connectivity index (χ4n) is 2.11. The zero-order valence-corrected chi connectivity index (χ0v) is 14.2. The van der Waals surface area contributed by atoms with Gasteiger partial charge in [-0.3, -0.25) is 4.79 Å². The van der Waals surface area contributed by atoms with Gasteiger partial charge in [0, 0.05) is 45.1 Å². The van der Waals surface area contributed by atoms with Crippen molar-refractivity contribution < 1.29 is 14.3 Å². The maximum atomic E-state index is 11.7. The van der Waals surface area contributed by atoms with Crippen LogP contribution in [0, 0.1) is 0 Å². The molecule has 6 heteroatoms. The van der Waals surface area contributed by atoms with Crippen molar-refractivity contribution >= 4 is 5.91 Å². The maximum absolute atomic E-state index is 11.7. The van der Waals surface area contributed by atoms with Crippen molar-refractivity contribution in [3.8, 4) is 5.88 Å². The third kappa shape index (κ3) is 7.25. The topological polar surface area (TPSA) is 63.7 Å². The molecule has 1 atom stereocenters. The Bertz CT molecular complexity index is 494. The fraction of sp³-hybridized carbons (Fsp3) is 0.529. The van der Waals surface area contributed by atoms with Crippen molar-refractivity contribution in [3.63, 3.8) is 0 Å². The van der Waals surface area contributed by atoms with Crippen molar-refractivity contribution in [2.45, 2.75) is 18.9 Å². The molecule has 0 saturated heterocycles. The monoisotopic (exact) mass is 321 g/mol. The van der Waals surface area contributed by atoms with E-state index in [9.17, 15) is 4.79 Å². The standard InChI is InChI=1S/C17H27N3O3/c1-5-6-7-15(13-20(3)10-11-22-4)23-16-12-14(8-9-19-16)17(21)18-2/h5,8-9,12,15H,1,6-7,10-11,13H2,2-4H3,(H,18,21)/t15-/m1/s1. The number of carbonyl (C=O) groups excluding carboxylic acids is 1. The Kier molecular flexibility index (Phi) is 8.94. The first-order chi connectivity index (χ1) is 11.1. The molecule has 0 fully saturated rings. The largest absolute Gasteiger partial charge is 0.473 e. The van der Waals surface area contributed by atoms with E-state index >= 15 is 0 Å². The molecule has 1 N–H and O–H groups in total. The second-order valence-electron chi connectivity index (χ2n) is 5.32. The summed E-state index contributed by atoms with van der Waals surface area (Å²) in [5, 5.41) is 2.59. The predicted molar refractivity (Wildman–Crippen MR) is 90.8 cm³/mol. The minimum atomic E-state index is -0.155. The summed E-state index contributed by atoms with van der Waals surface area (Å²) in [6, 6.07) is 3.32. The van der Waals surface area contributed by atoms with Crippen molar-refractivity contribution in [1.29, 1.82) is 0 Å². The van der Waals surface area contributed by atoms with Crippen LogP contribution >= 0.6 is 0 Å². The lowest BCUT2D eigenvalue weighted by Gasteiger charge is -2.24. The summed E-state index contributed by atoms with van der Waals surface area (Å²) >= 11 is 0. The lowest BCUT2D eigenvalue weighted by Crippen LogP contribution is -2.35. The summed E-state index contributed by atoms with van der Waals surface area (Å²) in [5.41, 5.74) is 0.535. The number of pyridine rings is 1. The second kappa shape index (κ2) is 10.7. The molecule has 1 heterocycles. The van der Waals surface area contributed by atoms with E-state index in [-0.39, 0.29) is 12.0 Å². The molecule has 6 nitrogen and oxygen atoms in total. The molecule has 0 aliphatic rings. The first kappa shape index (κ1) is 19.1. The molecule has 1 aromatic heterocycles. The Morgan fingerprint density at radius 2 is 2.35 bits per heavy atom. The molecule has 1 aromatic rings. The highest BCUT2D eigenvalue weighted by Gasteiger charge is 2.15. The fourth-order valence-corrected chi connectivity index (χ4v) is 2.11. The number of amides is 1. The van der Waals surface area contributed by atoms with E-state index in [4.69, 9.17) is 9.47 Å². The molecule has 0 aliphatic carbocycles. The van der Waals surface area contributed by atoms with Gasteiger partial charge in [0.15, 0.2) is 0 Å². The van der Waals surface area contributed by atoms with Crippen LogP contribution in [0.15, 0.2) is 31.0 Å². The number of rotatable bonds is 11. The van der Waals surface area contributed by atoms with E-state index in [2.05, 4.69) is 21.8 Å². The Balaban J connectivity index is 2.71. The second-order valence-corrected chi connectivity index (χ2v) is 5.32. The van der Waals surface area contributed by atoms with Crippen LogP contribution in [0.25, 0.3) is 0 Å². The highest BCUT2D eigenvalue weighted by Crippen LogP contribution is 2.14. The Labute approximate surface area is 138 Å². The number of allylic oxidation sites excluding steroid dienone is 1. The molecule has 0 aliphatic heterocycles. The van der Waals surface area contributed by atoms with Crippen LogP contribution < -0.4 is 10.1 Å². The van der Waals surface area contributed by atoms with E-state index in [0.717, 1.165) is 25.9 Å². The number of carbonyl (C=O) groups is 1. The number of hydrogen-bond donors (Lipinski definition) is 1. The van der Waals surface area contributed by atoms with Crippen LogP contribution in [0.3, 0.4) is 0 Å². The van der Waals surface area contributed by atoms with Gasteiger partial charge in [0.25, 0.3) is 5.91 Å². The Morgan fingerprint density at radius 3 is 3.00 bits per heavy atom. The van der Waals surface area contributed by atoms with Crippen molar-refractivity contribution in [2.75, 3.05) is 40.9 Å². The van der Waals surface area contributed by atoms with Gasteiger partial charge < -0.3 is 19.7 Å². The third-order valence-corrected chi connectivity index (χ3v) is 3.40. The van der Waals surface area contributed by atoms with Gasteiger partial charge in [-0.15, -0.1) is 6.58 Å². The molecular formula is C17H27N3O3. The molecule has 0 unspecified atom stereocenters. The summed E-state index contributed by atoms with van der Waals surface area (Å²) in [7, 11) is 5.31. The number of methoxy groups -OCH3 is 1. The lowest BCUT2D eigenvalue weighted by atomic mass is 10.2. The van der Waals surface area contributed by atoms with Crippen LogP contribution in [-0.4, -0.2) is 62.8 Å². The van der Waals surface area contributed by atoms with E-state index in [1.54, 1.807) is 32.5 Å². The SMILES string of the molecule is C=CCC[C@H](CN(C)CCOC)Oc1cc(C(=O)NC)ccn1. The minimum Gasteiger partial charge on any atom is -0.473 e. The van der Waals surface area contributed by atoms with Gasteiger partial charge in [0.1, 0.15) is 6.10 Å². The van der Waals surface area contributed by atoms with Gasteiger partial charge in [-0.05, 0) is 26.0 Å². The normalized spacial score (nSPS) is 12.0. The van der Waals surface area contributed by atoms with Gasteiger partial charge >= 0.3 is 0 Å². The average Bonchev–Trinajstić information content (AvgIpc) is 2.57. The van der Waals surface area contributed by atoms with Gasteiger partial charge in [-0.2, -0.15) is 0 Å². The minimum absolute atomic E-state index is 0.0257. The Morgan fingerprint density at radius 1 is 1.57 bits per heavy atom. The van der Waals surface area contributed by atoms with Crippen LogP contribution in [0.4, 0.5) is 0 Å². The molecule has 1 amide bonds. The van der Waals surface area contributed by atoms with Gasteiger partial charge in [0.05, 0.1) is 6.61 Å². The summed E-state index contributed by atoms with van der Waals surface area (Å²) < 4.78 is 11.1. The molecule has 0 spiro atoms. The third-order valence-electron chi connectivity index (χ3n) is 3.40. The van der Waals surface area contributed by atoms with Crippen LogP contribution in [0.2, 0.25) is 0 Å². The number of nitrogens with zero attached hydrogens (tertiary/aromatic N) is 2. The molecule has 128 valence electrons. The van der Waals surface area contributed by atoms with Crippen LogP contribution in [0.5, 0.6) is 5.88 Å². The molecule has 0 saturated carbocycles. The number of hydrogen-bond acceptors (Lipinski definition) is 5. The van der Waals surface area contributed by atoms with Gasteiger partial charge in [-0.1, -0.05) is 6.08 Å². The van der Waals surface area contributed by atoms with Gasteiger partial charge in [0.2, 0.25) is 5.88 Å². The number of aromatic nitrogens is 1.